The molecule has 1 heterocycles. The minimum Gasteiger partial charge on any atom is -0.495 e. The molecule has 2 aromatic carbocycles. The van der Waals surface area contributed by atoms with Crippen molar-refractivity contribution in [1.29, 1.82) is 0 Å². The first-order valence-electron chi connectivity index (χ1n) is 8.43. The van der Waals surface area contributed by atoms with Crippen LogP contribution in [-0.4, -0.2) is 37.9 Å². The third-order valence-corrected chi connectivity index (χ3v) is 5.78. The lowest BCUT2D eigenvalue weighted by molar-refractivity contribution is -0.114. The van der Waals surface area contributed by atoms with Crippen LogP contribution in [0, 0.1) is 6.92 Å². The van der Waals surface area contributed by atoms with Crippen molar-refractivity contribution in [2.24, 2.45) is 0 Å². The first kappa shape index (κ1) is 19.4. The molecule has 0 spiro atoms. The summed E-state index contributed by atoms with van der Waals surface area (Å²) in [7, 11) is -2.57. The summed E-state index contributed by atoms with van der Waals surface area (Å²) >= 11 is 0. The molecule has 9 heteroatoms. The Balaban J connectivity index is 2.01. The Bertz CT molecular complexity index is 1050. The number of carbonyl (C=O) groups is 1. The maximum absolute atomic E-state index is 13.3. The van der Waals surface area contributed by atoms with Gasteiger partial charge in [-0.25, -0.2) is 13.4 Å². The molecule has 1 aromatic heterocycles. The summed E-state index contributed by atoms with van der Waals surface area (Å²) in [6.45, 7) is 1.42. The predicted octanol–water partition coefficient (Wildman–Crippen LogP) is 2.56. The summed E-state index contributed by atoms with van der Waals surface area (Å²) in [5.74, 6) is 0.0261. The van der Waals surface area contributed by atoms with Crippen molar-refractivity contribution in [3.05, 3.63) is 66.5 Å². The largest absolute Gasteiger partial charge is 0.495 e. The van der Waals surface area contributed by atoms with Gasteiger partial charge in [-0.15, -0.1) is 0 Å². The van der Waals surface area contributed by atoms with Gasteiger partial charge in [-0.2, -0.15) is 0 Å². The van der Waals surface area contributed by atoms with E-state index in [9.17, 15) is 13.2 Å². The van der Waals surface area contributed by atoms with Gasteiger partial charge in [0.2, 0.25) is 11.9 Å². The van der Waals surface area contributed by atoms with Gasteiger partial charge in [0.1, 0.15) is 12.3 Å². The van der Waals surface area contributed by atoms with Crippen LogP contribution < -0.4 is 14.4 Å². The van der Waals surface area contributed by atoms with E-state index < -0.39 is 22.5 Å². The zero-order valence-corrected chi connectivity index (χ0v) is 16.2. The Kier molecular flexibility index (Phi) is 5.65. The van der Waals surface area contributed by atoms with E-state index in [1.807, 2.05) is 6.92 Å². The maximum atomic E-state index is 13.3. The summed E-state index contributed by atoms with van der Waals surface area (Å²) in [6, 6.07) is 13.1. The fourth-order valence-electron chi connectivity index (χ4n) is 2.61. The van der Waals surface area contributed by atoms with Gasteiger partial charge in [0, 0.05) is 12.4 Å². The molecule has 0 aliphatic rings. The number of anilines is 2. The molecular weight excluding hydrogens is 380 g/mol. The van der Waals surface area contributed by atoms with Gasteiger partial charge in [0.25, 0.3) is 10.0 Å². The maximum Gasteiger partial charge on any atom is 0.264 e. The first-order valence-corrected chi connectivity index (χ1v) is 9.87. The van der Waals surface area contributed by atoms with Gasteiger partial charge >= 0.3 is 0 Å². The molecule has 3 aromatic rings. The summed E-state index contributed by atoms with van der Waals surface area (Å²) in [4.78, 5) is 19.3. The van der Waals surface area contributed by atoms with Crippen LogP contribution in [0.15, 0.2) is 65.8 Å². The van der Waals surface area contributed by atoms with Gasteiger partial charge < -0.3 is 9.72 Å². The Morgan fingerprint density at radius 3 is 2.54 bits per heavy atom. The third-order valence-electron chi connectivity index (χ3n) is 4.01. The van der Waals surface area contributed by atoms with E-state index in [1.54, 1.807) is 42.6 Å². The average Bonchev–Trinajstić information content (AvgIpc) is 3.19. The zero-order chi connectivity index (χ0) is 20.1. The molecule has 0 saturated carbocycles. The van der Waals surface area contributed by atoms with Crippen LogP contribution in [0.5, 0.6) is 5.75 Å². The number of ether oxygens (including phenoxy) is 1. The van der Waals surface area contributed by atoms with Crippen molar-refractivity contribution >= 4 is 27.6 Å². The number of methoxy groups -OCH3 is 1. The Labute approximate surface area is 163 Å². The molecule has 0 bridgehead atoms. The standard InChI is InChI=1S/C19H20N4O4S/c1-14-7-9-15(10-8-14)28(25,26)23(16-5-3-4-6-17(16)27-2)13-18(24)22-19-20-11-12-21-19/h3-12H,13H2,1-2H3,(H2,20,21,22,24). The molecule has 8 nitrogen and oxygen atoms in total. The molecule has 0 fully saturated rings. The van der Waals surface area contributed by atoms with Gasteiger partial charge in [-0.05, 0) is 31.2 Å². The molecule has 146 valence electrons. The summed E-state index contributed by atoms with van der Waals surface area (Å²) in [5.41, 5.74) is 1.19. The number of aryl methyl sites for hydroxylation is 1. The van der Waals surface area contributed by atoms with Crippen LogP contribution in [0.3, 0.4) is 0 Å². The van der Waals surface area contributed by atoms with Crippen molar-refractivity contribution < 1.29 is 17.9 Å². The molecule has 0 saturated heterocycles. The summed E-state index contributed by atoms with van der Waals surface area (Å²) in [6.07, 6.45) is 3.04. The molecule has 2 N–H and O–H groups in total. The SMILES string of the molecule is COc1ccccc1N(CC(=O)Nc1ncc[nH]1)S(=O)(=O)c1ccc(C)cc1. The fourth-order valence-corrected chi connectivity index (χ4v) is 4.04. The van der Waals surface area contributed by atoms with E-state index in [0.717, 1.165) is 9.87 Å². The normalized spacial score (nSPS) is 11.1. The lowest BCUT2D eigenvalue weighted by Crippen LogP contribution is -2.38. The van der Waals surface area contributed by atoms with Crippen LogP contribution >= 0.6 is 0 Å². The van der Waals surface area contributed by atoms with Crippen LogP contribution in [0.4, 0.5) is 11.6 Å². The number of amides is 1. The quantitative estimate of drug-likeness (QED) is 0.634. The third kappa shape index (κ3) is 4.15. The number of para-hydroxylation sites is 2. The number of H-pyrrole nitrogens is 1. The molecule has 0 radical (unpaired) electrons. The number of hydrogen-bond acceptors (Lipinski definition) is 5. The van der Waals surface area contributed by atoms with E-state index in [1.165, 1.54) is 25.4 Å². The van der Waals surface area contributed by atoms with E-state index in [2.05, 4.69) is 15.3 Å². The monoisotopic (exact) mass is 400 g/mol. The van der Waals surface area contributed by atoms with E-state index in [0.29, 0.717) is 5.75 Å². The number of aromatic nitrogens is 2. The number of imidazole rings is 1. The smallest absolute Gasteiger partial charge is 0.264 e. The van der Waals surface area contributed by atoms with Crippen molar-refractivity contribution in [2.75, 3.05) is 23.3 Å². The van der Waals surface area contributed by atoms with Gasteiger partial charge in [-0.3, -0.25) is 14.4 Å². The fraction of sp³-hybridized carbons (Fsp3) is 0.158. The van der Waals surface area contributed by atoms with E-state index in [-0.39, 0.29) is 16.5 Å². The molecule has 0 aliphatic carbocycles. The number of carbonyl (C=O) groups excluding carboxylic acids is 1. The summed E-state index contributed by atoms with van der Waals surface area (Å²) in [5, 5.41) is 2.54. The number of nitrogens with zero attached hydrogens (tertiary/aromatic N) is 2. The van der Waals surface area contributed by atoms with Crippen LogP contribution in [-0.2, 0) is 14.8 Å². The zero-order valence-electron chi connectivity index (χ0n) is 15.4. The van der Waals surface area contributed by atoms with Gasteiger partial charge in [0.15, 0.2) is 0 Å². The van der Waals surface area contributed by atoms with Crippen LogP contribution in [0.2, 0.25) is 0 Å². The van der Waals surface area contributed by atoms with Gasteiger partial charge in [-0.1, -0.05) is 29.8 Å². The number of hydrogen-bond donors (Lipinski definition) is 2. The van der Waals surface area contributed by atoms with Crippen molar-refractivity contribution in [2.45, 2.75) is 11.8 Å². The first-order chi connectivity index (χ1) is 13.4. The van der Waals surface area contributed by atoms with Crippen LogP contribution in [0.25, 0.3) is 0 Å². The molecule has 28 heavy (non-hydrogen) atoms. The Morgan fingerprint density at radius 2 is 1.89 bits per heavy atom. The number of benzene rings is 2. The Hall–Kier alpha value is -3.33. The lowest BCUT2D eigenvalue weighted by Gasteiger charge is -2.25. The second-order valence-electron chi connectivity index (χ2n) is 5.98. The lowest BCUT2D eigenvalue weighted by atomic mass is 10.2. The number of sulfonamides is 1. The number of rotatable bonds is 7. The number of aromatic amines is 1. The summed E-state index contributed by atoms with van der Waals surface area (Å²) < 4.78 is 33.0. The minimum atomic E-state index is -4.02. The molecule has 0 atom stereocenters. The highest BCUT2D eigenvalue weighted by Crippen LogP contribution is 2.32. The molecule has 0 aliphatic heterocycles. The van der Waals surface area contributed by atoms with E-state index >= 15 is 0 Å². The highest BCUT2D eigenvalue weighted by Gasteiger charge is 2.29. The highest BCUT2D eigenvalue weighted by atomic mass is 32.2. The molecular formula is C19H20N4O4S. The minimum absolute atomic E-state index is 0.0785. The molecule has 1 amide bonds. The van der Waals surface area contributed by atoms with Crippen molar-refractivity contribution in [3.8, 4) is 5.75 Å². The molecule has 3 rings (SSSR count). The van der Waals surface area contributed by atoms with E-state index in [4.69, 9.17) is 4.74 Å². The molecule has 0 unspecified atom stereocenters. The number of nitrogens with one attached hydrogen (secondary N) is 2. The Morgan fingerprint density at radius 1 is 1.18 bits per heavy atom. The second-order valence-corrected chi connectivity index (χ2v) is 7.84. The second kappa shape index (κ2) is 8.13. The van der Waals surface area contributed by atoms with Gasteiger partial charge in [0.05, 0.1) is 17.7 Å². The van der Waals surface area contributed by atoms with Crippen molar-refractivity contribution in [3.63, 3.8) is 0 Å². The topological polar surface area (TPSA) is 104 Å². The predicted molar refractivity (Wildman–Crippen MR) is 106 cm³/mol. The average molecular weight is 400 g/mol. The highest BCUT2D eigenvalue weighted by molar-refractivity contribution is 7.92. The van der Waals surface area contributed by atoms with Crippen LogP contribution in [0.1, 0.15) is 5.56 Å². The van der Waals surface area contributed by atoms with Crippen molar-refractivity contribution in [1.82, 2.24) is 9.97 Å².